The summed E-state index contributed by atoms with van der Waals surface area (Å²) in [4.78, 5) is 11.5. The van der Waals surface area contributed by atoms with Gasteiger partial charge in [-0.3, -0.25) is 4.79 Å². The molecule has 0 aliphatic carbocycles. The standard InChI is InChI=1S/C8H10BrClN2O2/c1-2-12-8(13)7(10)6(5-11-12)14-4-3-9/h5H,2-4H2,1H3. The van der Waals surface area contributed by atoms with Gasteiger partial charge in [0.05, 0.1) is 12.8 Å². The van der Waals surface area contributed by atoms with Crippen molar-refractivity contribution in [2.24, 2.45) is 0 Å². The van der Waals surface area contributed by atoms with E-state index in [4.69, 9.17) is 16.3 Å². The largest absolute Gasteiger partial charge is 0.489 e. The minimum Gasteiger partial charge on any atom is -0.489 e. The van der Waals surface area contributed by atoms with Gasteiger partial charge in [-0.2, -0.15) is 5.10 Å². The summed E-state index contributed by atoms with van der Waals surface area (Å²) in [5.74, 6) is 0.334. The lowest BCUT2D eigenvalue weighted by atomic mass is 10.5. The van der Waals surface area contributed by atoms with Crippen LogP contribution >= 0.6 is 27.5 Å². The van der Waals surface area contributed by atoms with Crippen LogP contribution in [-0.4, -0.2) is 21.7 Å². The Morgan fingerprint density at radius 2 is 2.43 bits per heavy atom. The number of aromatic nitrogens is 2. The Hall–Kier alpha value is -0.550. The van der Waals surface area contributed by atoms with Crippen molar-refractivity contribution < 1.29 is 4.74 Å². The molecule has 0 aromatic carbocycles. The first-order chi connectivity index (χ1) is 6.70. The zero-order valence-electron chi connectivity index (χ0n) is 7.67. The molecule has 0 aliphatic heterocycles. The molecule has 0 fully saturated rings. The van der Waals surface area contributed by atoms with Crippen molar-refractivity contribution in [2.45, 2.75) is 13.5 Å². The fourth-order valence-electron chi connectivity index (χ4n) is 0.924. The summed E-state index contributed by atoms with van der Waals surface area (Å²) in [5, 5.41) is 4.66. The number of hydrogen-bond donors (Lipinski definition) is 0. The monoisotopic (exact) mass is 280 g/mol. The van der Waals surface area contributed by atoms with Gasteiger partial charge in [-0.1, -0.05) is 27.5 Å². The average molecular weight is 282 g/mol. The summed E-state index contributed by atoms with van der Waals surface area (Å²) in [5.41, 5.74) is -0.318. The fraction of sp³-hybridized carbons (Fsp3) is 0.500. The van der Waals surface area contributed by atoms with Crippen LogP contribution in [0.4, 0.5) is 0 Å². The number of hydrogen-bond acceptors (Lipinski definition) is 3. The number of nitrogens with zero attached hydrogens (tertiary/aromatic N) is 2. The van der Waals surface area contributed by atoms with Crippen LogP contribution in [0.15, 0.2) is 11.0 Å². The summed E-state index contributed by atoms with van der Waals surface area (Å²) in [6, 6.07) is 0. The number of ether oxygens (including phenoxy) is 1. The lowest BCUT2D eigenvalue weighted by molar-refractivity contribution is 0.340. The zero-order valence-corrected chi connectivity index (χ0v) is 10.0. The Morgan fingerprint density at radius 3 is 3.00 bits per heavy atom. The van der Waals surface area contributed by atoms with Gasteiger partial charge < -0.3 is 4.74 Å². The predicted octanol–water partition coefficient (Wildman–Crippen LogP) is 1.69. The molecule has 14 heavy (non-hydrogen) atoms. The minimum absolute atomic E-state index is 0.0859. The van der Waals surface area contributed by atoms with Crippen molar-refractivity contribution in [3.63, 3.8) is 0 Å². The highest BCUT2D eigenvalue weighted by Crippen LogP contribution is 2.17. The number of alkyl halides is 1. The Labute approximate surface area is 95.0 Å². The summed E-state index contributed by atoms with van der Waals surface area (Å²) >= 11 is 9.01. The SMILES string of the molecule is CCn1ncc(OCCBr)c(Cl)c1=O. The van der Waals surface area contributed by atoms with E-state index < -0.39 is 0 Å². The summed E-state index contributed by atoms with van der Waals surface area (Å²) < 4.78 is 6.49. The third-order valence-corrected chi connectivity index (χ3v) is 2.26. The van der Waals surface area contributed by atoms with Crippen LogP contribution < -0.4 is 10.3 Å². The lowest BCUT2D eigenvalue weighted by Crippen LogP contribution is -2.22. The third kappa shape index (κ3) is 2.48. The van der Waals surface area contributed by atoms with Gasteiger partial charge in [-0.15, -0.1) is 0 Å². The second kappa shape index (κ2) is 5.36. The van der Waals surface area contributed by atoms with Crippen molar-refractivity contribution in [3.8, 4) is 5.75 Å². The first-order valence-electron chi connectivity index (χ1n) is 4.15. The molecule has 78 valence electrons. The molecule has 0 atom stereocenters. The Kier molecular flexibility index (Phi) is 4.41. The van der Waals surface area contributed by atoms with Crippen molar-refractivity contribution in [2.75, 3.05) is 11.9 Å². The molecular weight excluding hydrogens is 271 g/mol. The van der Waals surface area contributed by atoms with Crippen LogP contribution in [0, 0.1) is 0 Å². The summed E-state index contributed by atoms with van der Waals surface area (Å²) in [6.07, 6.45) is 1.45. The van der Waals surface area contributed by atoms with E-state index in [1.807, 2.05) is 6.92 Å². The molecule has 0 radical (unpaired) electrons. The molecule has 0 spiro atoms. The highest BCUT2D eigenvalue weighted by atomic mass is 79.9. The molecule has 0 bridgehead atoms. The van der Waals surface area contributed by atoms with Crippen LogP contribution in [0.2, 0.25) is 5.02 Å². The lowest BCUT2D eigenvalue weighted by Gasteiger charge is -2.06. The predicted molar refractivity (Wildman–Crippen MR) is 58.5 cm³/mol. The number of halogens is 2. The van der Waals surface area contributed by atoms with Crippen LogP contribution in [0.1, 0.15) is 6.92 Å². The Morgan fingerprint density at radius 1 is 1.71 bits per heavy atom. The molecular formula is C8H10BrClN2O2. The maximum absolute atomic E-state index is 11.5. The Bertz CT molecular complexity index is 367. The molecule has 4 nitrogen and oxygen atoms in total. The van der Waals surface area contributed by atoms with Gasteiger partial charge in [-0.05, 0) is 6.92 Å². The van der Waals surface area contributed by atoms with Crippen LogP contribution in [0.25, 0.3) is 0 Å². The van der Waals surface area contributed by atoms with Gasteiger partial charge >= 0.3 is 0 Å². The van der Waals surface area contributed by atoms with E-state index in [-0.39, 0.29) is 10.6 Å². The second-order valence-electron chi connectivity index (χ2n) is 2.48. The van der Waals surface area contributed by atoms with E-state index in [1.165, 1.54) is 10.9 Å². The van der Waals surface area contributed by atoms with Gasteiger partial charge in [-0.25, -0.2) is 4.68 Å². The van der Waals surface area contributed by atoms with Crippen LogP contribution in [-0.2, 0) is 6.54 Å². The molecule has 1 rings (SSSR count). The highest BCUT2D eigenvalue weighted by Gasteiger charge is 2.08. The smallest absolute Gasteiger partial charge is 0.289 e. The molecule has 0 unspecified atom stereocenters. The van der Waals surface area contributed by atoms with Gasteiger partial charge in [0, 0.05) is 11.9 Å². The van der Waals surface area contributed by atoms with E-state index >= 15 is 0 Å². The van der Waals surface area contributed by atoms with Crippen molar-refractivity contribution >= 4 is 27.5 Å². The summed E-state index contributed by atoms with van der Waals surface area (Å²) in [7, 11) is 0. The highest BCUT2D eigenvalue weighted by molar-refractivity contribution is 9.09. The topological polar surface area (TPSA) is 44.1 Å². The summed E-state index contributed by atoms with van der Waals surface area (Å²) in [6.45, 7) is 2.78. The Balaban J connectivity index is 2.99. The average Bonchev–Trinajstić information content (AvgIpc) is 2.20. The van der Waals surface area contributed by atoms with Crippen molar-refractivity contribution in [1.29, 1.82) is 0 Å². The van der Waals surface area contributed by atoms with E-state index in [2.05, 4.69) is 21.0 Å². The van der Waals surface area contributed by atoms with E-state index in [0.717, 1.165) is 0 Å². The molecule has 0 saturated carbocycles. The van der Waals surface area contributed by atoms with Gasteiger partial charge in [0.1, 0.15) is 0 Å². The van der Waals surface area contributed by atoms with Crippen LogP contribution in [0.3, 0.4) is 0 Å². The van der Waals surface area contributed by atoms with E-state index in [0.29, 0.717) is 24.2 Å². The van der Waals surface area contributed by atoms with Crippen molar-refractivity contribution in [1.82, 2.24) is 9.78 Å². The van der Waals surface area contributed by atoms with Crippen molar-refractivity contribution in [3.05, 3.63) is 21.6 Å². The molecule has 0 aliphatic rings. The minimum atomic E-state index is -0.318. The molecule has 1 aromatic heterocycles. The molecule has 6 heteroatoms. The maximum Gasteiger partial charge on any atom is 0.289 e. The third-order valence-electron chi connectivity index (χ3n) is 1.59. The fourth-order valence-corrected chi connectivity index (χ4v) is 1.29. The number of aryl methyl sites for hydroxylation is 1. The van der Waals surface area contributed by atoms with Gasteiger partial charge in [0.2, 0.25) is 0 Å². The first kappa shape index (κ1) is 11.5. The molecule has 1 aromatic rings. The zero-order chi connectivity index (χ0) is 10.6. The molecule has 0 N–H and O–H groups in total. The normalized spacial score (nSPS) is 10.2. The molecule has 1 heterocycles. The van der Waals surface area contributed by atoms with Gasteiger partial charge in [0.15, 0.2) is 10.8 Å². The maximum atomic E-state index is 11.5. The molecule has 0 saturated heterocycles. The van der Waals surface area contributed by atoms with Crippen LogP contribution in [0.5, 0.6) is 5.75 Å². The van der Waals surface area contributed by atoms with E-state index in [9.17, 15) is 4.79 Å². The second-order valence-corrected chi connectivity index (χ2v) is 3.65. The first-order valence-corrected chi connectivity index (χ1v) is 5.65. The quantitative estimate of drug-likeness (QED) is 0.789. The number of rotatable bonds is 4. The van der Waals surface area contributed by atoms with Gasteiger partial charge in [0.25, 0.3) is 5.56 Å². The van der Waals surface area contributed by atoms with E-state index in [1.54, 1.807) is 0 Å². The molecule has 0 amide bonds.